The third-order valence-corrected chi connectivity index (χ3v) is 3.04. The Labute approximate surface area is 105 Å². The van der Waals surface area contributed by atoms with Crippen LogP contribution < -0.4 is 11.1 Å². The van der Waals surface area contributed by atoms with Crippen molar-refractivity contribution in [1.82, 2.24) is 9.97 Å². The van der Waals surface area contributed by atoms with Gasteiger partial charge in [-0.25, -0.2) is 9.97 Å². The minimum absolute atomic E-state index is 0.0568. The highest BCUT2D eigenvalue weighted by Crippen LogP contribution is 2.38. The molecule has 3 rings (SSSR count). The lowest BCUT2D eigenvalue weighted by Gasteiger charge is -2.13. The fourth-order valence-electron chi connectivity index (χ4n) is 1.91. The van der Waals surface area contributed by atoms with Crippen molar-refractivity contribution < 1.29 is 4.42 Å². The first kappa shape index (κ1) is 11.1. The summed E-state index contributed by atoms with van der Waals surface area (Å²) < 4.78 is 5.35. The van der Waals surface area contributed by atoms with Crippen LogP contribution in [0.3, 0.4) is 0 Å². The van der Waals surface area contributed by atoms with Crippen LogP contribution in [-0.2, 0) is 0 Å². The van der Waals surface area contributed by atoms with E-state index < -0.39 is 0 Å². The third kappa shape index (κ3) is 2.30. The molecule has 0 saturated heterocycles. The standard InChI is InChI=1S/C13H16N4O/c1-8(10-3-2-6-18-10)15-12-7-11(14)16-13(17-12)9-4-5-9/h2-3,6-9H,4-5H2,1H3,(H3,14,15,16,17). The lowest BCUT2D eigenvalue weighted by molar-refractivity contribution is 0.490. The molecule has 1 unspecified atom stereocenters. The Morgan fingerprint density at radius 2 is 2.28 bits per heavy atom. The Balaban J connectivity index is 1.79. The maximum atomic E-state index is 5.80. The van der Waals surface area contributed by atoms with Gasteiger partial charge in [0.1, 0.15) is 23.2 Å². The van der Waals surface area contributed by atoms with Crippen LogP contribution in [0, 0.1) is 0 Å². The normalized spacial score (nSPS) is 16.5. The van der Waals surface area contributed by atoms with Gasteiger partial charge in [-0.1, -0.05) is 0 Å². The van der Waals surface area contributed by atoms with Crippen molar-refractivity contribution in [3.8, 4) is 0 Å². The molecule has 1 aliphatic rings. The number of nitrogens with one attached hydrogen (secondary N) is 1. The molecule has 2 aromatic rings. The summed E-state index contributed by atoms with van der Waals surface area (Å²) in [6.45, 7) is 2.02. The molecule has 2 heterocycles. The average molecular weight is 244 g/mol. The van der Waals surface area contributed by atoms with Crippen molar-refractivity contribution in [1.29, 1.82) is 0 Å². The highest BCUT2D eigenvalue weighted by molar-refractivity contribution is 5.46. The van der Waals surface area contributed by atoms with Gasteiger partial charge >= 0.3 is 0 Å². The van der Waals surface area contributed by atoms with Gasteiger partial charge in [0.05, 0.1) is 12.3 Å². The van der Waals surface area contributed by atoms with Crippen molar-refractivity contribution in [2.75, 3.05) is 11.1 Å². The Hall–Kier alpha value is -2.04. The zero-order valence-electron chi connectivity index (χ0n) is 10.3. The average Bonchev–Trinajstić information content (AvgIpc) is 3.03. The lowest BCUT2D eigenvalue weighted by atomic mass is 10.2. The molecular formula is C13H16N4O. The van der Waals surface area contributed by atoms with E-state index in [1.807, 2.05) is 19.1 Å². The molecule has 18 heavy (non-hydrogen) atoms. The smallest absolute Gasteiger partial charge is 0.136 e. The summed E-state index contributed by atoms with van der Waals surface area (Å²) >= 11 is 0. The minimum Gasteiger partial charge on any atom is -0.467 e. The van der Waals surface area contributed by atoms with Gasteiger partial charge in [-0.15, -0.1) is 0 Å². The van der Waals surface area contributed by atoms with Crippen LogP contribution in [0.4, 0.5) is 11.6 Å². The van der Waals surface area contributed by atoms with E-state index in [1.54, 1.807) is 12.3 Å². The van der Waals surface area contributed by atoms with Gasteiger partial charge in [0, 0.05) is 12.0 Å². The van der Waals surface area contributed by atoms with E-state index in [-0.39, 0.29) is 6.04 Å². The molecular weight excluding hydrogens is 228 g/mol. The monoisotopic (exact) mass is 244 g/mol. The lowest BCUT2D eigenvalue weighted by Crippen LogP contribution is -2.09. The van der Waals surface area contributed by atoms with Crippen molar-refractivity contribution in [3.63, 3.8) is 0 Å². The first-order valence-corrected chi connectivity index (χ1v) is 6.17. The zero-order chi connectivity index (χ0) is 12.5. The number of furan rings is 1. The molecule has 0 aliphatic heterocycles. The number of nitrogens with two attached hydrogens (primary N) is 1. The molecule has 2 aromatic heterocycles. The fourth-order valence-corrected chi connectivity index (χ4v) is 1.91. The Bertz CT molecular complexity index is 534. The maximum Gasteiger partial charge on any atom is 0.136 e. The van der Waals surface area contributed by atoms with E-state index in [0.717, 1.165) is 30.2 Å². The zero-order valence-corrected chi connectivity index (χ0v) is 10.3. The number of hydrogen-bond donors (Lipinski definition) is 2. The molecule has 0 radical (unpaired) electrons. The number of nitrogens with zero attached hydrogens (tertiary/aromatic N) is 2. The quantitative estimate of drug-likeness (QED) is 0.864. The van der Waals surface area contributed by atoms with Crippen molar-refractivity contribution in [2.24, 2.45) is 0 Å². The molecule has 1 aliphatic carbocycles. The van der Waals surface area contributed by atoms with E-state index >= 15 is 0 Å². The molecule has 1 saturated carbocycles. The van der Waals surface area contributed by atoms with Crippen LogP contribution in [0.1, 0.15) is 43.3 Å². The molecule has 94 valence electrons. The molecule has 0 spiro atoms. The van der Waals surface area contributed by atoms with Gasteiger partial charge in [-0.3, -0.25) is 0 Å². The third-order valence-electron chi connectivity index (χ3n) is 3.04. The number of anilines is 2. The van der Waals surface area contributed by atoms with Gasteiger partial charge in [-0.2, -0.15) is 0 Å². The Morgan fingerprint density at radius 1 is 1.44 bits per heavy atom. The second kappa shape index (κ2) is 4.33. The van der Waals surface area contributed by atoms with Crippen molar-refractivity contribution >= 4 is 11.6 Å². The minimum atomic E-state index is 0.0568. The predicted molar refractivity (Wildman–Crippen MR) is 69.2 cm³/mol. The van der Waals surface area contributed by atoms with Gasteiger partial charge in [0.15, 0.2) is 0 Å². The second-order valence-electron chi connectivity index (χ2n) is 4.69. The van der Waals surface area contributed by atoms with Gasteiger partial charge in [-0.05, 0) is 31.9 Å². The van der Waals surface area contributed by atoms with E-state index in [0.29, 0.717) is 11.7 Å². The summed E-state index contributed by atoms with van der Waals surface area (Å²) in [5.41, 5.74) is 5.80. The highest BCUT2D eigenvalue weighted by Gasteiger charge is 2.27. The first-order valence-electron chi connectivity index (χ1n) is 6.17. The Morgan fingerprint density at radius 3 is 2.94 bits per heavy atom. The molecule has 0 amide bonds. The van der Waals surface area contributed by atoms with E-state index in [9.17, 15) is 0 Å². The Kier molecular flexibility index (Phi) is 2.66. The largest absolute Gasteiger partial charge is 0.467 e. The molecule has 0 bridgehead atoms. The van der Waals surface area contributed by atoms with E-state index in [1.165, 1.54) is 0 Å². The molecule has 3 N–H and O–H groups in total. The van der Waals surface area contributed by atoms with Crippen LogP contribution in [0.25, 0.3) is 0 Å². The van der Waals surface area contributed by atoms with Crippen LogP contribution in [0.15, 0.2) is 28.9 Å². The van der Waals surface area contributed by atoms with E-state index in [2.05, 4.69) is 15.3 Å². The molecule has 1 atom stereocenters. The molecule has 0 aromatic carbocycles. The summed E-state index contributed by atoms with van der Waals surface area (Å²) in [6.07, 6.45) is 3.99. The number of rotatable bonds is 4. The number of hydrogen-bond acceptors (Lipinski definition) is 5. The summed E-state index contributed by atoms with van der Waals surface area (Å²) in [5, 5.41) is 3.28. The summed E-state index contributed by atoms with van der Waals surface area (Å²) in [4.78, 5) is 8.77. The van der Waals surface area contributed by atoms with Crippen LogP contribution in [-0.4, -0.2) is 9.97 Å². The van der Waals surface area contributed by atoms with Crippen LogP contribution >= 0.6 is 0 Å². The highest BCUT2D eigenvalue weighted by atomic mass is 16.3. The maximum absolute atomic E-state index is 5.80. The van der Waals surface area contributed by atoms with Crippen molar-refractivity contribution in [3.05, 3.63) is 36.0 Å². The summed E-state index contributed by atoms with van der Waals surface area (Å²) in [7, 11) is 0. The van der Waals surface area contributed by atoms with E-state index in [4.69, 9.17) is 10.2 Å². The van der Waals surface area contributed by atoms with Crippen LogP contribution in [0.5, 0.6) is 0 Å². The van der Waals surface area contributed by atoms with Gasteiger partial charge in [0.2, 0.25) is 0 Å². The fraction of sp³-hybridized carbons (Fsp3) is 0.385. The molecule has 5 nitrogen and oxygen atoms in total. The van der Waals surface area contributed by atoms with Crippen molar-refractivity contribution in [2.45, 2.75) is 31.7 Å². The summed E-state index contributed by atoms with van der Waals surface area (Å²) in [6, 6.07) is 5.62. The van der Waals surface area contributed by atoms with Gasteiger partial charge in [0.25, 0.3) is 0 Å². The molecule has 5 heteroatoms. The number of aromatic nitrogens is 2. The van der Waals surface area contributed by atoms with Crippen LogP contribution in [0.2, 0.25) is 0 Å². The topological polar surface area (TPSA) is 77.0 Å². The number of nitrogen functional groups attached to an aromatic ring is 1. The second-order valence-corrected chi connectivity index (χ2v) is 4.69. The predicted octanol–water partition coefficient (Wildman–Crippen LogP) is 2.70. The SMILES string of the molecule is CC(Nc1cc(N)nc(C2CC2)n1)c1ccco1. The summed E-state index contributed by atoms with van der Waals surface area (Å²) in [5.74, 6) is 3.49. The van der Waals surface area contributed by atoms with Gasteiger partial charge < -0.3 is 15.5 Å². The molecule has 1 fully saturated rings. The first-order chi connectivity index (χ1) is 8.72.